The quantitative estimate of drug-likeness (QED) is 0.879. The second-order valence-corrected chi connectivity index (χ2v) is 4.96. The number of ether oxygens (including phenoxy) is 1. The third-order valence-electron chi connectivity index (χ3n) is 3.32. The van der Waals surface area contributed by atoms with Gasteiger partial charge >= 0.3 is 5.97 Å². The van der Waals surface area contributed by atoms with Crippen molar-refractivity contribution in [1.82, 2.24) is 10.2 Å². The number of hydrogen-bond donors (Lipinski definition) is 1. The number of rotatable bonds is 4. The first kappa shape index (κ1) is 15.3. The van der Waals surface area contributed by atoms with Gasteiger partial charge in [0.1, 0.15) is 0 Å². The van der Waals surface area contributed by atoms with Gasteiger partial charge in [-0.1, -0.05) is 41.9 Å². The molecule has 1 aromatic carbocycles. The average Bonchev–Trinajstić information content (AvgIpc) is 2.52. The number of halogens is 1. The van der Waals surface area contributed by atoms with E-state index in [1.807, 2.05) is 44.2 Å². The highest BCUT2D eigenvalue weighted by molar-refractivity contribution is 6.30. The van der Waals surface area contributed by atoms with Crippen molar-refractivity contribution < 1.29 is 9.53 Å². The Morgan fingerprint density at radius 2 is 1.86 bits per heavy atom. The summed E-state index contributed by atoms with van der Waals surface area (Å²) in [6, 6.07) is 8.65. The molecule has 0 aliphatic heterocycles. The van der Waals surface area contributed by atoms with Crippen LogP contribution in [-0.4, -0.2) is 23.3 Å². The monoisotopic (exact) mass is 305 g/mol. The first-order chi connectivity index (χ1) is 10.0. The van der Waals surface area contributed by atoms with Gasteiger partial charge in [0.15, 0.2) is 17.0 Å². The van der Waals surface area contributed by atoms with Crippen LogP contribution in [0.1, 0.15) is 22.7 Å². The van der Waals surface area contributed by atoms with E-state index in [4.69, 9.17) is 16.3 Å². The number of benzene rings is 1. The zero-order valence-corrected chi connectivity index (χ0v) is 12.8. The number of aromatic nitrogens is 2. The first-order valence-corrected chi connectivity index (χ1v) is 6.81. The lowest BCUT2D eigenvalue weighted by Gasteiger charge is -2.19. The molecule has 1 atom stereocenters. The van der Waals surface area contributed by atoms with Crippen molar-refractivity contribution >= 4 is 23.4 Å². The largest absolute Gasteiger partial charge is 0.467 e. The number of hydrogen-bond acceptors (Lipinski definition) is 5. The summed E-state index contributed by atoms with van der Waals surface area (Å²) in [6.07, 6.45) is 0. The van der Waals surface area contributed by atoms with Gasteiger partial charge in [0, 0.05) is 0 Å². The molecule has 2 rings (SSSR count). The van der Waals surface area contributed by atoms with Crippen LogP contribution in [0, 0.1) is 13.8 Å². The van der Waals surface area contributed by atoms with Crippen LogP contribution in [0.2, 0.25) is 5.15 Å². The highest BCUT2D eigenvalue weighted by Crippen LogP contribution is 2.25. The molecule has 21 heavy (non-hydrogen) atoms. The van der Waals surface area contributed by atoms with Crippen LogP contribution in [0.25, 0.3) is 0 Å². The van der Waals surface area contributed by atoms with Gasteiger partial charge in [-0.15, -0.1) is 10.2 Å². The van der Waals surface area contributed by atoms with Crippen molar-refractivity contribution in [1.29, 1.82) is 0 Å². The normalized spacial score (nSPS) is 11.8. The highest BCUT2D eigenvalue weighted by Gasteiger charge is 2.23. The van der Waals surface area contributed by atoms with E-state index in [1.165, 1.54) is 7.11 Å². The van der Waals surface area contributed by atoms with Crippen molar-refractivity contribution in [3.63, 3.8) is 0 Å². The number of carbonyl (C=O) groups is 1. The predicted octanol–water partition coefficient (Wildman–Crippen LogP) is 3.07. The maximum atomic E-state index is 12.0. The van der Waals surface area contributed by atoms with Gasteiger partial charge in [0.25, 0.3) is 0 Å². The van der Waals surface area contributed by atoms with Gasteiger partial charge in [-0.2, -0.15) is 0 Å². The first-order valence-electron chi connectivity index (χ1n) is 6.43. The molecule has 0 aliphatic rings. The van der Waals surface area contributed by atoms with Gasteiger partial charge in [-0.25, -0.2) is 4.79 Å². The van der Waals surface area contributed by atoms with E-state index in [9.17, 15) is 4.79 Å². The number of nitrogens with one attached hydrogen (secondary N) is 1. The standard InChI is InChI=1S/C15H16ClN3O2/c1-9-10(2)14(19-18-13(9)16)17-12(15(20)21-3)11-7-5-4-6-8-11/h4-8,12H,1-3H3,(H,17,19). The fourth-order valence-electron chi connectivity index (χ4n) is 1.89. The van der Waals surface area contributed by atoms with Crippen LogP contribution in [0.15, 0.2) is 30.3 Å². The zero-order valence-electron chi connectivity index (χ0n) is 12.1. The molecule has 1 unspecified atom stereocenters. The van der Waals surface area contributed by atoms with E-state index in [-0.39, 0.29) is 0 Å². The molecule has 0 amide bonds. The third kappa shape index (κ3) is 3.31. The maximum Gasteiger partial charge on any atom is 0.333 e. The van der Waals surface area contributed by atoms with Gasteiger partial charge in [-0.05, 0) is 30.5 Å². The van der Waals surface area contributed by atoms with E-state index in [0.29, 0.717) is 11.0 Å². The average molecular weight is 306 g/mol. The van der Waals surface area contributed by atoms with Crippen LogP contribution in [0.5, 0.6) is 0 Å². The molecule has 110 valence electrons. The second kappa shape index (κ2) is 6.54. The Kier molecular flexibility index (Phi) is 4.75. The Hall–Kier alpha value is -2.14. The molecule has 0 bridgehead atoms. The number of nitrogens with zero attached hydrogens (tertiary/aromatic N) is 2. The lowest BCUT2D eigenvalue weighted by Crippen LogP contribution is -2.23. The summed E-state index contributed by atoms with van der Waals surface area (Å²) >= 11 is 5.94. The fourth-order valence-corrected chi connectivity index (χ4v) is 2.07. The Labute approximate surface area is 128 Å². The zero-order chi connectivity index (χ0) is 15.4. The van der Waals surface area contributed by atoms with Crippen molar-refractivity contribution in [3.05, 3.63) is 52.2 Å². The summed E-state index contributed by atoms with van der Waals surface area (Å²) < 4.78 is 4.86. The van der Waals surface area contributed by atoms with Crippen molar-refractivity contribution in [3.8, 4) is 0 Å². The molecule has 1 heterocycles. The summed E-state index contributed by atoms with van der Waals surface area (Å²) in [5, 5.41) is 11.3. The molecule has 2 aromatic rings. The lowest BCUT2D eigenvalue weighted by molar-refractivity contribution is -0.141. The Balaban J connectivity index is 2.37. The number of anilines is 1. The topological polar surface area (TPSA) is 64.1 Å². The lowest BCUT2D eigenvalue weighted by atomic mass is 10.1. The van der Waals surface area contributed by atoms with Crippen LogP contribution >= 0.6 is 11.6 Å². The number of carbonyl (C=O) groups excluding carboxylic acids is 1. The molecule has 5 nitrogen and oxygen atoms in total. The Morgan fingerprint density at radius 3 is 2.48 bits per heavy atom. The van der Waals surface area contributed by atoms with E-state index in [1.54, 1.807) is 0 Å². The van der Waals surface area contributed by atoms with Crippen molar-refractivity contribution in [2.75, 3.05) is 12.4 Å². The summed E-state index contributed by atoms with van der Waals surface area (Å²) in [5.74, 6) is 0.117. The minimum absolute atomic E-state index is 0.354. The van der Waals surface area contributed by atoms with Crippen LogP contribution in [0.4, 0.5) is 5.82 Å². The Morgan fingerprint density at radius 1 is 1.19 bits per heavy atom. The SMILES string of the molecule is COC(=O)C(Nc1nnc(Cl)c(C)c1C)c1ccccc1. The second-order valence-electron chi connectivity index (χ2n) is 4.60. The molecule has 0 saturated heterocycles. The molecule has 0 fully saturated rings. The van der Waals surface area contributed by atoms with E-state index in [0.717, 1.165) is 16.7 Å². The minimum atomic E-state index is -0.648. The number of esters is 1. The minimum Gasteiger partial charge on any atom is -0.467 e. The van der Waals surface area contributed by atoms with Gasteiger partial charge in [-0.3, -0.25) is 0 Å². The van der Waals surface area contributed by atoms with Crippen molar-refractivity contribution in [2.45, 2.75) is 19.9 Å². The van der Waals surface area contributed by atoms with Gasteiger partial charge in [0.2, 0.25) is 0 Å². The van der Waals surface area contributed by atoms with Gasteiger partial charge < -0.3 is 10.1 Å². The van der Waals surface area contributed by atoms with Gasteiger partial charge in [0.05, 0.1) is 7.11 Å². The molecule has 0 saturated carbocycles. The van der Waals surface area contributed by atoms with E-state index in [2.05, 4.69) is 15.5 Å². The summed E-state index contributed by atoms with van der Waals surface area (Å²) in [7, 11) is 1.35. The maximum absolute atomic E-state index is 12.0. The van der Waals surface area contributed by atoms with E-state index >= 15 is 0 Å². The van der Waals surface area contributed by atoms with E-state index < -0.39 is 12.0 Å². The summed E-state index contributed by atoms with van der Waals surface area (Å²) in [6.45, 7) is 3.73. The molecule has 0 spiro atoms. The fraction of sp³-hybridized carbons (Fsp3) is 0.267. The molecule has 1 N–H and O–H groups in total. The molecule has 0 radical (unpaired) electrons. The molecule has 0 aliphatic carbocycles. The smallest absolute Gasteiger partial charge is 0.333 e. The molecule has 6 heteroatoms. The molecule has 1 aromatic heterocycles. The predicted molar refractivity (Wildman–Crippen MR) is 81.3 cm³/mol. The summed E-state index contributed by atoms with van der Waals surface area (Å²) in [4.78, 5) is 12.0. The van der Waals surface area contributed by atoms with Crippen LogP contribution in [-0.2, 0) is 9.53 Å². The van der Waals surface area contributed by atoms with Crippen LogP contribution < -0.4 is 5.32 Å². The molecular weight excluding hydrogens is 290 g/mol. The Bertz CT molecular complexity index is 647. The van der Waals surface area contributed by atoms with Crippen molar-refractivity contribution in [2.24, 2.45) is 0 Å². The number of methoxy groups -OCH3 is 1. The third-order valence-corrected chi connectivity index (χ3v) is 3.67. The highest BCUT2D eigenvalue weighted by atomic mass is 35.5. The van der Waals surface area contributed by atoms with Crippen LogP contribution in [0.3, 0.4) is 0 Å². The molecular formula is C15H16ClN3O2. The summed E-state index contributed by atoms with van der Waals surface area (Å²) in [5.41, 5.74) is 2.46.